The van der Waals surface area contributed by atoms with Gasteiger partial charge in [-0.15, -0.1) is 0 Å². The van der Waals surface area contributed by atoms with E-state index in [-0.39, 0.29) is 16.9 Å². The SMILES string of the molecule is CN1CCN(C(c2cc(C(C)(C)C)c(O)c(C(C)(C)C)c2)c2ccccc2Br)CC1. The molecule has 2 aromatic carbocycles. The Labute approximate surface area is 191 Å². The fraction of sp³-hybridized carbons (Fsp3) is 0.538. The van der Waals surface area contributed by atoms with Crippen LogP contribution in [0.2, 0.25) is 0 Å². The number of piperazine rings is 1. The Kier molecular flexibility index (Phi) is 6.71. The minimum absolute atomic E-state index is 0.138. The maximum Gasteiger partial charge on any atom is 0.123 e. The molecule has 30 heavy (non-hydrogen) atoms. The minimum atomic E-state index is -0.138. The van der Waals surface area contributed by atoms with Crippen LogP contribution in [0.5, 0.6) is 5.75 Å². The third-order valence-corrected chi connectivity index (χ3v) is 6.89. The normalized spacial score (nSPS) is 17.9. The van der Waals surface area contributed by atoms with Crippen LogP contribution in [-0.4, -0.2) is 48.1 Å². The van der Waals surface area contributed by atoms with Gasteiger partial charge >= 0.3 is 0 Å². The topological polar surface area (TPSA) is 26.7 Å². The number of rotatable bonds is 3. The monoisotopic (exact) mass is 472 g/mol. The number of halogens is 1. The number of benzene rings is 2. The number of aromatic hydroxyl groups is 1. The number of phenols is 1. The van der Waals surface area contributed by atoms with E-state index in [1.54, 1.807) is 0 Å². The fourth-order valence-corrected chi connectivity index (χ4v) is 4.82. The summed E-state index contributed by atoms with van der Waals surface area (Å²) in [5, 5.41) is 11.2. The van der Waals surface area contributed by atoms with Gasteiger partial charge in [0.2, 0.25) is 0 Å². The van der Waals surface area contributed by atoms with Crippen LogP contribution in [0.25, 0.3) is 0 Å². The van der Waals surface area contributed by atoms with Gasteiger partial charge in [-0.2, -0.15) is 0 Å². The van der Waals surface area contributed by atoms with E-state index in [4.69, 9.17) is 0 Å². The molecule has 0 saturated carbocycles. The first kappa shape index (κ1) is 23.3. The van der Waals surface area contributed by atoms with Crippen LogP contribution >= 0.6 is 15.9 Å². The largest absolute Gasteiger partial charge is 0.507 e. The molecule has 0 spiro atoms. The molecule has 0 bridgehead atoms. The molecule has 2 aromatic rings. The van der Waals surface area contributed by atoms with E-state index in [2.05, 4.69) is 111 Å². The average molecular weight is 473 g/mol. The Balaban J connectivity index is 2.24. The van der Waals surface area contributed by atoms with Gasteiger partial charge in [0, 0.05) is 30.7 Å². The maximum absolute atomic E-state index is 11.2. The highest BCUT2D eigenvalue weighted by Gasteiger charge is 2.32. The number of hydrogen-bond donors (Lipinski definition) is 1. The summed E-state index contributed by atoms with van der Waals surface area (Å²) < 4.78 is 1.14. The summed E-state index contributed by atoms with van der Waals surface area (Å²) in [5.41, 5.74) is 4.32. The predicted molar refractivity (Wildman–Crippen MR) is 131 cm³/mol. The lowest BCUT2D eigenvalue weighted by molar-refractivity contribution is 0.127. The van der Waals surface area contributed by atoms with Crippen molar-refractivity contribution >= 4 is 15.9 Å². The number of likely N-dealkylation sites (N-methyl/N-ethyl adjacent to an activating group) is 1. The van der Waals surface area contributed by atoms with Crippen LogP contribution in [0.3, 0.4) is 0 Å². The Morgan fingerprint density at radius 1 is 0.867 bits per heavy atom. The second-order valence-electron chi connectivity index (χ2n) is 10.7. The standard InChI is InChI=1S/C26H37BrN2O/c1-25(2,3)20-16-18(17-21(24(20)30)26(4,5)6)23(19-10-8-9-11-22(19)27)29-14-12-28(7)13-15-29/h8-11,16-17,23,30H,12-15H2,1-7H3. The summed E-state index contributed by atoms with van der Waals surface area (Å²) in [7, 11) is 2.20. The summed E-state index contributed by atoms with van der Waals surface area (Å²) in [6.07, 6.45) is 0. The average Bonchev–Trinajstić information content (AvgIpc) is 2.64. The summed E-state index contributed by atoms with van der Waals surface area (Å²) in [4.78, 5) is 4.98. The smallest absolute Gasteiger partial charge is 0.123 e. The van der Waals surface area contributed by atoms with Gasteiger partial charge < -0.3 is 10.0 Å². The lowest BCUT2D eigenvalue weighted by atomic mass is 9.77. The summed E-state index contributed by atoms with van der Waals surface area (Å²) in [5.74, 6) is 0.447. The molecule has 1 atom stereocenters. The van der Waals surface area contributed by atoms with Crippen molar-refractivity contribution in [3.05, 3.63) is 63.1 Å². The van der Waals surface area contributed by atoms with Gasteiger partial charge in [-0.3, -0.25) is 4.90 Å². The molecule has 3 rings (SSSR count). The molecule has 1 N–H and O–H groups in total. The first-order valence-electron chi connectivity index (χ1n) is 10.9. The van der Waals surface area contributed by atoms with Crippen LogP contribution in [0.4, 0.5) is 0 Å². The van der Waals surface area contributed by atoms with E-state index in [1.807, 2.05) is 0 Å². The van der Waals surface area contributed by atoms with E-state index in [1.165, 1.54) is 11.1 Å². The summed E-state index contributed by atoms with van der Waals surface area (Å²) in [6.45, 7) is 17.3. The Bertz CT molecular complexity index is 852. The molecule has 0 aliphatic carbocycles. The molecule has 0 aromatic heterocycles. The van der Waals surface area contributed by atoms with Crippen LogP contribution in [-0.2, 0) is 10.8 Å². The van der Waals surface area contributed by atoms with E-state index in [9.17, 15) is 5.11 Å². The highest BCUT2D eigenvalue weighted by molar-refractivity contribution is 9.10. The van der Waals surface area contributed by atoms with Gasteiger partial charge in [0.1, 0.15) is 5.75 Å². The van der Waals surface area contributed by atoms with Crippen molar-refractivity contribution in [2.24, 2.45) is 0 Å². The summed E-state index contributed by atoms with van der Waals surface area (Å²) >= 11 is 3.82. The molecular formula is C26H37BrN2O. The van der Waals surface area contributed by atoms with Gasteiger partial charge in [-0.25, -0.2) is 0 Å². The number of hydrogen-bond acceptors (Lipinski definition) is 3. The van der Waals surface area contributed by atoms with Crippen molar-refractivity contribution in [1.82, 2.24) is 9.80 Å². The second-order valence-corrected chi connectivity index (χ2v) is 11.6. The Hall–Kier alpha value is -1.36. The first-order valence-corrected chi connectivity index (χ1v) is 11.7. The molecule has 164 valence electrons. The lowest BCUT2D eigenvalue weighted by Gasteiger charge is -2.40. The number of phenolic OH excluding ortho intramolecular Hbond substituents is 1. The molecule has 1 aliphatic heterocycles. The Morgan fingerprint density at radius 2 is 1.37 bits per heavy atom. The van der Waals surface area contributed by atoms with Crippen molar-refractivity contribution in [1.29, 1.82) is 0 Å². The third kappa shape index (κ3) is 4.92. The van der Waals surface area contributed by atoms with Crippen molar-refractivity contribution < 1.29 is 5.11 Å². The van der Waals surface area contributed by atoms with Crippen molar-refractivity contribution in [2.75, 3.05) is 33.2 Å². The molecule has 1 fully saturated rings. The second kappa shape index (κ2) is 8.64. The molecule has 1 heterocycles. The lowest BCUT2D eigenvalue weighted by Crippen LogP contribution is -2.46. The molecule has 1 aliphatic rings. The van der Waals surface area contributed by atoms with Crippen molar-refractivity contribution in [3.8, 4) is 5.75 Å². The fourth-order valence-electron chi connectivity index (χ4n) is 4.32. The molecule has 0 amide bonds. The van der Waals surface area contributed by atoms with E-state index in [0.29, 0.717) is 5.75 Å². The van der Waals surface area contributed by atoms with Crippen molar-refractivity contribution in [3.63, 3.8) is 0 Å². The first-order chi connectivity index (χ1) is 13.9. The zero-order valence-electron chi connectivity index (χ0n) is 19.6. The van der Waals surface area contributed by atoms with E-state index in [0.717, 1.165) is 41.8 Å². The Morgan fingerprint density at radius 3 is 1.83 bits per heavy atom. The molecule has 4 heteroatoms. The van der Waals surface area contributed by atoms with Gasteiger partial charge in [0.05, 0.1) is 6.04 Å². The van der Waals surface area contributed by atoms with Crippen LogP contribution < -0.4 is 0 Å². The molecule has 1 saturated heterocycles. The van der Waals surface area contributed by atoms with Gasteiger partial charge in [0.25, 0.3) is 0 Å². The van der Waals surface area contributed by atoms with Crippen molar-refractivity contribution in [2.45, 2.75) is 58.4 Å². The quantitative estimate of drug-likeness (QED) is 0.585. The molecular weight excluding hydrogens is 436 g/mol. The van der Waals surface area contributed by atoms with Crippen LogP contribution in [0.1, 0.15) is 69.8 Å². The van der Waals surface area contributed by atoms with E-state index >= 15 is 0 Å². The van der Waals surface area contributed by atoms with Crippen LogP contribution in [0, 0.1) is 0 Å². The minimum Gasteiger partial charge on any atom is -0.507 e. The van der Waals surface area contributed by atoms with Crippen LogP contribution in [0.15, 0.2) is 40.9 Å². The van der Waals surface area contributed by atoms with Gasteiger partial charge in [0.15, 0.2) is 0 Å². The zero-order valence-corrected chi connectivity index (χ0v) is 21.2. The third-order valence-electron chi connectivity index (χ3n) is 6.17. The van der Waals surface area contributed by atoms with Gasteiger partial charge in [-0.05, 0) is 58.3 Å². The molecule has 0 radical (unpaired) electrons. The maximum atomic E-state index is 11.2. The highest BCUT2D eigenvalue weighted by atomic mass is 79.9. The highest BCUT2D eigenvalue weighted by Crippen LogP contribution is 2.43. The van der Waals surface area contributed by atoms with Gasteiger partial charge in [-0.1, -0.05) is 75.7 Å². The predicted octanol–water partition coefficient (Wildman–Crippen LogP) is 6.09. The number of nitrogens with zero attached hydrogens (tertiary/aromatic N) is 2. The van der Waals surface area contributed by atoms with E-state index < -0.39 is 0 Å². The summed E-state index contributed by atoms with van der Waals surface area (Å²) in [6, 6.07) is 13.2. The molecule has 1 unspecified atom stereocenters. The zero-order chi connectivity index (χ0) is 22.3. The molecule has 3 nitrogen and oxygen atoms in total.